The molecule has 0 saturated heterocycles. The molecule has 0 amide bonds. The minimum atomic E-state index is -0.556. The lowest BCUT2D eigenvalue weighted by atomic mass is 9.53. The Morgan fingerprint density at radius 3 is 1.62 bits per heavy atom. The Balaban J connectivity index is 4.92. The summed E-state index contributed by atoms with van der Waals surface area (Å²) in [7, 11) is 0. The topological polar surface area (TPSA) is 46.5 Å². The van der Waals surface area contributed by atoms with E-state index in [1.807, 2.05) is 0 Å². The normalized spacial score (nSPS) is 13.8. The second-order valence-electron chi connectivity index (χ2n) is 6.80. The van der Waals surface area contributed by atoms with Crippen molar-refractivity contribution in [1.82, 2.24) is 0 Å². The average Bonchev–Trinajstić information content (AvgIpc) is 2.09. The summed E-state index contributed by atoms with van der Waals surface area (Å²) < 4.78 is 0. The van der Waals surface area contributed by atoms with Gasteiger partial charge in [-0.05, 0) is 22.7 Å². The standard InChI is InChI=1S/C13H26O3/c1-11(2,3)13(7,12(4,5)6)9-8-10(14)16-15/h15H,8-9H2,1-7H3. The van der Waals surface area contributed by atoms with Crippen molar-refractivity contribution in [2.24, 2.45) is 16.2 Å². The summed E-state index contributed by atoms with van der Waals surface area (Å²) in [5.74, 6) is -0.556. The summed E-state index contributed by atoms with van der Waals surface area (Å²) in [6, 6.07) is 0. The van der Waals surface area contributed by atoms with Crippen molar-refractivity contribution in [3.8, 4) is 0 Å². The molecule has 0 aliphatic rings. The van der Waals surface area contributed by atoms with Gasteiger partial charge in [0, 0.05) is 6.42 Å². The third-order valence-corrected chi connectivity index (χ3v) is 4.24. The molecule has 0 radical (unpaired) electrons. The summed E-state index contributed by atoms with van der Waals surface area (Å²) >= 11 is 0. The average molecular weight is 230 g/mol. The van der Waals surface area contributed by atoms with Gasteiger partial charge >= 0.3 is 5.97 Å². The lowest BCUT2D eigenvalue weighted by molar-refractivity contribution is -0.235. The smallest absolute Gasteiger partial charge is 0.301 e. The molecule has 0 aliphatic heterocycles. The van der Waals surface area contributed by atoms with E-state index < -0.39 is 5.97 Å². The first-order valence-electron chi connectivity index (χ1n) is 5.80. The van der Waals surface area contributed by atoms with Crippen molar-refractivity contribution in [2.45, 2.75) is 61.3 Å². The predicted octanol–water partition coefficient (Wildman–Crippen LogP) is 3.88. The molecule has 0 spiro atoms. The molecule has 0 aromatic carbocycles. The van der Waals surface area contributed by atoms with E-state index in [4.69, 9.17) is 5.26 Å². The zero-order valence-corrected chi connectivity index (χ0v) is 11.7. The van der Waals surface area contributed by atoms with Gasteiger partial charge in [0.1, 0.15) is 0 Å². The van der Waals surface area contributed by atoms with Crippen molar-refractivity contribution in [1.29, 1.82) is 0 Å². The van der Waals surface area contributed by atoms with Crippen LogP contribution in [0.3, 0.4) is 0 Å². The van der Waals surface area contributed by atoms with Crippen LogP contribution in [-0.4, -0.2) is 11.2 Å². The van der Waals surface area contributed by atoms with Crippen LogP contribution in [0.1, 0.15) is 61.3 Å². The molecular formula is C13H26O3. The molecule has 0 rings (SSSR count). The molecule has 0 unspecified atom stereocenters. The molecule has 0 atom stereocenters. The minimum Gasteiger partial charge on any atom is -0.301 e. The number of carbonyl (C=O) groups is 1. The molecule has 0 heterocycles. The van der Waals surface area contributed by atoms with E-state index in [9.17, 15) is 4.79 Å². The van der Waals surface area contributed by atoms with Crippen LogP contribution in [0.4, 0.5) is 0 Å². The van der Waals surface area contributed by atoms with E-state index in [2.05, 4.69) is 53.4 Å². The lowest BCUT2D eigenvalue weighted by Crippen LogP contribution is -2.44. The largest absolute Gasteiger partial charge is 0.342 e. The maximum absolute atomic E-state index is 11.0. The molecule has 0 bridgehead atoms. The van der Waals surface area contributed by atoms with E-state index >= 15 is 0 Å². The molecule has 96 valence electrons. The molecular weight excluding hydrogens is 204 g/mol. The molecule has 3 nitrogen and oxygen atoms in total. The zero-order valence-electron chi connectivity index (χ0n) is 11.7. The molecule has 1 N–H and O–H groups in total. The van der Waals surface area contributed by atoms with Gasteiger partial charge in [0.25, 0.3) is 0 Å². The van der Waals surface area contributed by atoms with Gasteiger partial charge in [-0.1, -0.05) is 48.5 Å². The lowest BCUT2D eigenvalue weighted by Gasteiger charge is -2.51. The summed E-state index contributed by atoms with van der Waals surface area (Å²) in [5, 5.41) is 8.29. The Hall–Kier alpha value is -0.570. The van der Waals surface area contributed by atoms with Crippen molar-refractivity contribution in [3.63, 3.8) is 0 Å². The highest BCUT2D eigenvalue weighted by Gasteiger charge is 2.46. The first-order valence-corrected chi connectivity index (χ1v) is 5.80. The van der Waals surface area contributed by atoms with Gasteiger partial charge in [-0.2, -0.15) is 5.26 Å². The molecule has 0 aromatic heterocycles. The maximum Gasteiger partial charge on any atom is 0.342 e. The maximum atomic E-state index is 11.0. The third-order valence-electron chi connectivity index (χ3n) is 4.24. The van der Waals surface area contributed by atoms with Crippen LogP contribution in [-0.2, 0) is 9.68 Å². The van der Waals surface area contributed by atoms with Gasteiger partial charge < -0.3 is 4.89 Å². The highest BCUT2D eigenvalue weighted by molar-refractivity contribution is 5.68. The summed E-state index contributed by atoms with van der Waals surface area (Å²) in [6.07, 6.45) is 0.959. The second kappa shape index (κ2) is 4.74. The first kappa shape index (κ1) is 15.4. The number of carbonyl (C=O) groups excluding carboxylic acids is 1. The van der Waals surface area contributed by atoms with Crippen LogP contribution in [0.25, 0.3) is 0 Å². The fourth-order valence-electron chi connectivity index (χ4n) is 2.27. The third kappa shape index (κ3) is 3.21. The SMILES string of the molecule is CC(C)(C)C(C)(CCC(=O)OO)C(C)(C)C. The van der Waals surface area contributed by atoms with E-state index in [0.29, 0.717) is 6.42 Å². The van der Waals surface area contributed by atoms with Crippen LogP contribution in [0, 0.1) is 16.2 Å². The molecule has 0 aromatic rings. The Bertz CT molecular complexity index is 229. The Morgan fingerprint density at radius 1 is 1.00 bits per heavy atom. The Kier molecular flexibility index (Phi) is 4.57. The van der Waals surface area contributed by atoms with Gasteiger partial charge in [0.15, 0.2) is 0 Å². The van der Waals surface area contributed by atoms with Crippen LogP contribution in [0.5, 0.6) is 0 Å². The highest BCUT2D eigenvalue weighted by atomic mass is 17.1. The van der Waals surface area contributed by atoms with Crippen molar-refractivity contribution in [2.75, 3.05) is 0 Å². The van der Waals surface area contributed by atoms with Gasteiger partial charge in [0.2, 0.25) is 0 Å². The minimum absolute atomic E-state index is 0.00576. The van der Waals surface area contributed by atoms with Gasteiger partial charge in [0.05, 0.1) is 0 Å². The highest BCUT2D eigenvalue weighted by Crippen LogP contribution is 2.54. The monoisotopic (exact) mass is 230 g/mol. The Morgan fingerprint density at radius 2 is 1.38 bits per heavy atom. The van der Waals surface area contributed by atoms with Crippen molar-refractivity contribution >= 4 is 5.97 Å². The van der Waals surface area contributed by atoms with Crippen LogP contribution in [0.15, 0.2) is 0 Å². The first-order chi connectivity index (χ1) is 6.95. The number of hydrogen-bond donors (Lipinski definition) is 1. The summed E-state index contributed by atoms with van der Waals surface area (Å²) in [6.45, 7) is 15.3. The van der Waals surface area contributed by atoms with Crippen molar-refractivity contribution in [3.05, 3.63) is 0 Å². The fourth-order valence-corrected chi connectivity index (χ4v) is 2.27. The predicted molar refractivity (Wildman–Crippen MR) is 65.0 cm³/mol. The van der Waals surface area contributed by atoms with Crippen LogP contribution >= 0.6 is 0 Å². The molecule has 0 aliphatic carbocycles. The molecule has 16 heavy (non-hydrogen) atoms. The molecule has 3 heteroatoms. The number of rotatable bonds is 3. The summed E-state index contributed by atoms with van der Waals surface area (Å²) in [5.41, 5.74) is 0.163. The molecule has 0 saturated carbocycles. The van der Waals surface area contributed by atoms with E-state index in [0.717, 1.165) is 0 Å². The quantitative estimate of drug-likeness (QED) is 0.591. The second-order valence-corrected chi connectivity index (χ2v) is 6.80. The van der Waals surface area contributed by atoms with E-state index in [-0.39, 0.29) is 22.7 Å². The Labute approximate surface area is 99.1 Å². The van der Waals surface area contributed by atoms with Gasteiger partial charge in [-0.3, -0.25) is 0 Å². The summed E-state index contributed by atoms with van der Waals surface area (Å²) in [4.78, 5) is 14.8. The van der Waals surface area contributed by atoms with Crippen LogP contribution < -0.4 is 0 Å². The van der Waals surface area contributed by atoms with Crippen LogP contribution in [0.2, 0.25) is 0 Å². The van der Waals surface area contributed by atoms with Gasteiger partial charge in [-0.25, -0.2) is 4.79 Å². The fraction of sp³-hybridized carbons (Fsp3) is 0.923. The number of hydrogen-bond acceptors (Lipinski definition) is 3. The zero-order chi connectivity index (χ0) is 13.2. The van der Waals surface area contributed by atoms with E-state index in [1.165, 1.54) is 0 Å². The molecule has 0 fully saturated rings. The van der Waals surface area contributed by atoms with Gasteiger partial charge in [-0.15, -0.1) is 0 Å². The van der Waals surface area contributed by atoms with Crippen molar-refractivity contribution < 1.29 is 14.9 Å². The van der Waals surface area contributed by atoms with E-state index in [1.54, 1.807) is 0 Å².